The highest BCUT2D eigenvalue weighted by molar-refractivity contribution is 5.95. The minimum Gasteiger partial charge on any atom is -0.497 e. The summed E-state index contributed by atoms with van der Waals surface area (Å²) in [5, 5.41) is 15.0. The van der Waals surface area contributed by atoms with Crippen LogP contribution in [-0.4, -0.2) is 98.0 Å². The first-order chi connectivity index (χ1) is 25.5. The molecule has 3 heterocycles. The van der Waals surface area contributed by atoms with Gasteiger partial charge in [-0.05, 0) is 92.8 Å². The van der Waals surface area contributed by atoms with Crippen LogP contribution in [0.1, 0.15) is 70.4 Å². The van der Waals surface area contributed by atoms with E-state index >= 15 is 0 Å². The van der Waals surface area contributed by atoms with E-state index in [-0.39, 0.29) is 55.7 Å². The first-order valence-electron chi connectivity index (χ1n) is 19.0. The van der Waals surface area contributed by atoms with Crippen LogP contribution in [0.4, 0.5) is 0 Å². The standard InChI is InChI=1S/C40H56N6O7/c1-25(2)19-30-24-53-32-16-12-28(13-17-32)21-35(44-37(48)33-7-5-6-18-41-33)39(50)45-34(20-27-10-14-31(52-4)15-11-27)38(49)42-26(3)40(51)46(22-29-8-9-29)23-36(47)43-30/h10-17,25-26,29-30,33-35,41H,5-9,18-24H2,1-4H3,(H,42,49)(H,43,47)(H,44,48)(H,45,50)/t26-,30+,33-,34+,35+/m1/s1. The molecular formula is C40H56N6O7. The van der Waals surface area contributed by atoms with E-state index in [1.807, 2.05) is 24.3 Å². The molecule has 53 heavy (non-hydrogen) atoms. The maximum Gasteiger partial charge on any atom is 0.245 e. The van der Waals surface area contributed by atoms with Gasteiger partial charge in [0.25, 0.3) is 0 Å². The van der Waals surface area contributed by atoms with Crippen LogP contribution >= 0.6 is 0 Å². The molecule has 5 N–H and O–H groups in total. The van der Waals surface area contributed by atoms with Crippen LogP contribution in [-0.2, 0) is 36.8 Å². The molecule has 4 aliphatic rings. The summed E-state index contributed by atoms with van der Waals surface area (Å²) in [4.78, 5) is 70.4. The zero-order valence-electron chi connectivity index (χ0n) is 31.5. The number of rotatable bonds is 9. The summed E-state index contributed by atoms with van der Waals surface area (Å²) >= 11 is 0. The van der Waals surface area contributed by atoms with Crippen molar-refractivity contribution in [3.63, 3.8) is 0 Å². The Balaban J connectivity index is 1.45. The molecule has 3 aliphatic heterocycles. The Morgan fingerprint density at radius 1 is 0.943 bits per heavy atom. The van der Waals surface area contributed by atoms with Crippen LogP contribution in [0.5, 0.6) is 11.5 Å². The van der Waals surface area contributed by atoms with Gasteiger partial charge in [0, 0.05) is 19.4 Å². The van der Waals surface area contributed by atoms with Gasteiger partial charge < -0.3 is 41.0 Å². The van der Waals surface area contributed by atoms with Gasteiger partial charge in [-0.25, -0.2) is 0 Å². The zero-order valence-corrected chi connectivity index (χ0v) is 31.5. The normalized spacial score (nSPS) is 25.2. The number of hydrogen-bond donors (Lipinski definition) is 5. The lowest BCUT2D eigenvalue weighted by molar-refractivity contribution is -0.140. The maximum absolute atomic E-state index is 14.2. The molecule has 2 aromatic rings. The molecule has 6 rings (SSSR count). The number of hydrogen-bond acceptors (Lipinski definition) is 8. The van der Waals surface area contributed by atoms with E-state index in [0.717, 1.165) is 43.4 Å². The summed E-state index contributed by atoms with van der Waals surface area (Å²) in [6, 6.07) is 10.7. The van der Waals surface area contributed by atoms with Gasteiger partial charge in [0.1, 0.15) is 36.2 Å². The molecule has 0 aromatic heterocycles. The highest BCUT2D eigenvalue weighted by Gasteiger charge is 2.34. The van der Waals surface area contributed by atoms with Crippen LogP contribution in [0.25, 0.3) is 0 Å². The number of nitrogens with zero attached hydrogens (tertiary/aromatic N) is 1. The number of carbonyl (C=O) groups is 5. The van der Waals surface area contributed by atoms with Crippen molar-refractivity contribution in [2.24, 2.45) is 11.8 Å². The first-order valence-corrected chi connectivity index (χ1v) is 19.0. The van der Waals surface area contributed by atoms with Gasteiger partial charge >= 0.3 is 0 Å². The number of benzene rings is 2. The average molecular weight is 733 g/mol. The van der Waals surface area contributed by atoms with Gasteiger partial charge in [0.05, 0.1) is 25.7 Å². The Morgan fingerprint density at radius 2 is 1.68 bits per heavy atom. The summed E-state index contributed by atoms with van der Waals surface area (Å²) in [7, 11) is 1.56. The molecule has 1 saturated carbocycles. The Kier molecular flexibility index (Phi) is 14.1. The second-order valence-corrected chi connectivity index (χ2v) is 15.1. The van der Waals surface area contributed by atoms with Gasteiger partial charge in [-0.2, -0.15) is 0 Å². The highest BCUT2D eigenvalue weighted by Crippen LogP contribution is 2.30. The van der Waals surface area contributed by atoms with Crippen LogP contribution in [0.3, 0.4) is 0 Å². The molecule has 2 aromatic carbocycles. The second-order valence-electron chi connectivity index (χ2n) is 15.1. The second kappa shape index (κ2) is 18.9. The molecule has 2 fully saturated rings. The van der Waals surface area contributed by atoms with Crippen molar-refractivity contribution in [3.8, 4) is 11.5 Å². The lowest BCUT2D eigenvalue weighted by Gasteiger charge is -2.29. The molecule has 288 valence electrons. The molecule has 13 heteroatoms. The smallest absolute Gasteiger partial charge is 0.245 e. The van der Waals surface area contributed by atoms with Gasteiger partial charge in [-0.1, -0.05) is 44.5 Å². The summed E-state index contributed by atoms with van der Waals surface area (Å²) in [5.74, 6) is -0.216. The largest absolute Gasteiger partial charge is 0.497 e. The predicted octanol–water partition coefficient (Wildman–Crippen LogP) is 2.26. The number of nitrogens with one attached hydrogen (secondary N) is 5. The fraction of sp³-hybridized carbons (Fsp3) is 0.575. The van der Waals surface area contributed by atoms with E-state index in [2.05, 4.69) is 40.4 Å². The topological polar surface area (TPSA) is 167 Å². The Bertz CT molecular complexity index is 1560. The molecule has 13 nitrogen and oxygen atoms in total. The van der Waals surface area contributed by atoms with Crippen molar-refractivity contribution in [1.29, 1.82) is 0 Å². The van der Waals surface area contributed by atoms with E-state index in [1.54, 1.807) is 38.3 Å². The summed E-state index contributed by atoms with van der Waals surface area (Å²) < 4.78 is 11.4. The zero-order chi connectivity index (χ0) is 37.9. The van der Waals surface area contributed by atoms with Gasteiger partial charge in [-0.15, -0.1) is 0 Å². The van der Waals surface area contributed by atoms with Crippen molar-refractivity contribution >= 4 is 29.5 Å². The Hall–Kier alpha value is -4.65. The van der Waals surface area contributed by atoms with E-state index in [1.165, 1.54) is 4.90 Å². The number of ether oxygens (including phenoxy) is 2. The minimum atomic E-state index is -1.09. The molecule has 0 unspecified atom stereocenters. The number of methoxy groups -OCH3 is 1. The Labute approximate surface area is 312 Å². The van der Waals surface area contributed by atoms with Crippen LogP contribution < -0.4 is 36.1 Å². The number of fused-ring (bicyclic) bond motifs is 17. The molecule has 2 bridgehead atoms. The summed E-state index contributed by atoms with van der Waals surface area (Å²) in [6.45, 7) is 6.95. The minimum absolute atomic E-state index is 0.116. The third-order valence-corrected chi connectivity index (χ3v) is 9.98. The number of carbonyl (C=O) groups excluding carboxylic acids is 5. The molecule has 0 radical (unpaired) electrons. The third-order valence-electron chi connectivity index (χ3n) is 9.98. The average Bonchev–Trinajstić information content (AvgIpc) is 3.97. The molecule has 5 atom stereocenters. The van der Waals surface area contributed by atoms with Gasteiger partial charge in [0.2, 0.25) is 29.5 Å². The molecular weight excluding hydrogens is 676 g/mol. The number of piperidine rings is 1. The highest BCUT2D eigenvalue weighted by atomic mass is 16.5. The maximum atomic E-state index is 14.2. The summed E-state index contributed by atoms with van der Waals surface area (Å²) in [5.41, 5.74) is 1.53. The van der Waals surface area contributed by atoms with E-state index < -0.39 is 36.0 Å². The van der Waals surface area contributed by atoms with Crippen LogP contribution in [0.15, 0.2) is 48.5 Å². The quantitative estimate of drug-likeness (QED) is 0.245. The van der Waals surface area contributed by atoms with Crippen molar-refractivity contribution in [2.45, 2.75) is 102 Å². The van der Waals surface area contributed by atoms with Crippen molar-refractivity contribution in [3.05, 3.63) is 59.7 Å². The first kappa shape index (κ1) is 39.6. The SMILES string of the molecule is COc1ccc(C[C@@H]2NC(=O)[C@@H](NC(=O)[C@H]3CCCCN3)Cc3ccc(cc3)OC[C@H](CC(C)C)NC(=O)CN(CC3CC3)C(=O)[C@@H](C)NC2=O)cc1. The monoisotopic (exact) mass is 732 g/mol. The predicted molar refractivity (Wildman–Crippen MR) is 200 cm³/mol. The van der Waals surface area contributed by atoms with Crippen LogP contribution in [0.2, 0.25) is 0 Å². The van der Waals surface area contributed by atoms with E-state index in [4.69, 9.17) is 9.47 Å². The Morgan fingerprint density at radius 3 is 2.32 bits per heavy atom. The molecule has 5 amide bonds. The third kappa shape index (κ3) is 12.2. The fourth-order valence-electron chi connectivity index (χ4n) is 6.87. The lowest BCUT2D eigenvalue weighted by Crippen LogP contribution is -2.59. The lowest BCUT2D eigenvalue weighted by atomic mass is 10.0. The fourth-order valence-corrected chi connectivity index (χ4v) is 6.87. The van der Waals surface area contributed by atoms with Gasteiger partial charge in [0.15, 0.2) is 0 Å². The van der Waals surface area contributed by atoms with Crippen molar-refractivity contribution < 1.29 is 33.4 Å². The van der Waals surface area contributed by atoms with E-state index in [9.17, 15) is 24.0 Å². The van der Waals surface area contributed by atoms with E-state index in [0.29, 0.717) is 36.8 Å². The molecule has 1 saturated heterocycles. The number of amides is 5. The van der Waals surface area contributed by atoms with Crippen LogP contribution in [0, 0.1) is 11.8 Å². The van der Waals surface area contributed by atoms with Crippen molar-refractivity contribution in [2.75, 3.05) is 33.4 Å². The molecule has 1 aliphatic carbocycles. The van der Waals surface area contributed by atoms with Crippen molar-refractivity contribution in [1.82, 2.24) is 31.5 Å². The molecule has 0 spiro atoms. The van der Waals surface area contributed by atoms with Gasteiger partial charge in [-0.3, -0.25) is 24.0 Å². The summed E-state index contributed by atoms with van der Waals surface area (Å²) in [6.07, 6.45) is 5.45.